The molecule has 3 heterocycles. The Labute approximate surface area is 163 Å². The van der Waals surface area contributed by atoms with Gasteiger partial charge in [-0.05, 0) is 36.2 Å². The summed E-state index contributed by atoms with van der Waals surface area (Å²) in [6.45, 7) is 5.14. The molecule has 1 fully saturated rings. The summed E-state index contributed by atoms with van der Waals surface area (Å²) in [5.41, 5.74) is 2.73. The van der Waals surface area contributed by atoms with Crippen LogP contribution in [-0.2, 0) is 22.4 Å². The lowest BCUT2D eigenvalue weighted by molar-refractivity contribution is -0.116. The van der Waals surface area contributed by atoms with E-state index in [0.717, 1.165) is 31.0 Å². The molecular weight excluding hydrogens is 356 g/mol. The number of aryl methyl sites for hydroxylation is 2. The van der Waals surface area contributed by atoms with Crippen molar-refractivity contribution in [1.82, 2.24) is 19.8 Å². The summed E-state index contributed by atoms with van der Waals surface area (Å²) >= 11 is 0. The average molecular weight is 380 g/mol. The lowest BCUT2D eigenvalue weighted by Gasteiger charge is -2.27. The Morgan fingerprint density at radius 3 is 2.64 bits per heavy atom. The van der Waals surface area contributed by atoms with Gasteiger partial charge in [0.1, 0.15) is 5.82 Å². The second-order valence-corrected chi connectivity index (χ2v) is 6.78. The van der Waals surface area contributed by atoms with Crippen LogP contribution in [0.3, 0.4) is 0 Å². The van der Waals surface area contributed by atoms with E-state index in [-0.39, 0.29) is 5.91 Å². The molecule has 1 aliphatic heterocycles. The van der Waals surface area contributed by atoms with E-state index in [0.29, 0.717) is 37.5 Å². The molecule has 146 valence electrons. The minimum Gasteiger partial charge on any atom is -0.378 e. The van der Waals surface area contributed by atoms with E-state index in [4.69, 9.17) is 4.74 Å². The van der Waals surface area contributed by atoms with Crippen molar-refractivity contribution in [1.29, 1.82) is 0 Å². The van der Waals surface area contributed by atoms with E-state index in [1.54, 1.807) is 4.52 Å². The van der Waals surface area contributed by atoms with Crippen molar-refractivity contribution in [2.75, 3.05) is 36.5 Å². The molecule has 1 aromatic carbocycles. The number of anilines is 2. The molecule has 0 radical (unpaired) electrons. The van der Waals surface area contributed by atoms with Crippen LogP contribution in [0.1, 0.15) is 24.7 Å². The van der Waals surface area contributed by atoms with Gasteiger partial charge in [-0.3, -0.25) is 4.79 Å². The van der Waals surface area contributed by atoms with E-state index < -0.39 is 0 Å². The molecule has 0 atom stereocenters. The van der Waals surface area contributed by atoms with Crippen molar-refractivity contribution in [3.63, 3.8) is 0 Å². The highest BCUT2D eigenvalue weighted by atomic mass is 16.5. The lowest BCUT2D eigenvalue weighted by atomic mass is 10.1. The van der Waals surface area contributed by atoms with Crippen LogP contribution >= 0.6 is 0 Å². The molecule has 4 rings (SSSR count). The number of amides is 1. The van der Waals surface area contributed by atoms with Gasteiger partial charge in [-0.2, -0.15) is 4.52 Å². The summed E-state index contributed by atoms with van der Waals surface area (Å²) < 4.78 is 7.13. The highest BCUT2D eigenvalue weighted by molar-refractivity contribution is 5.90. The van der Waals surface area contributed by atoms with Gasteiger partial charge in [0.25, 0.3) is 0 Å². The number of aromatic nitrogens is 4. The third kappa shape index (κ3) is 4.12. The molecule has 1 N–H and O–H groups in total. The van der Waals surface area contributed by atoms with Crippen LogP contribution in [0.5, 0.6) is 0 Å². The van der Waals surface area contributed by atoms with Gasteiger partial charge in [-0.25, -0.2) is 0 Å². The minimum atomic E-state index is -0.0506. The van der Waals surface area contributed by atoms with Crippen molar-refractivity contribution >= 4 is 23.1 Å². The van der Waals surface area contributed by atoms with Gasteiger partial charge in [0.2, 0.25) is 5.91 Å². The number of nitrogens with zero attached hydrogens (tertiary/aromatic N) is 5. The zero-order valence-electron chi connectivity index (χ0n) is 16.0. The number of morpholine rings is 1. The van der Waals surface area contributed by atoms with Crippen molar-refractivity contribution in [2.24, 2.45) is 0 Å². The quantitative estimate of drug-likeness (QED) is 0.705. The highest BCUT2D eigenvalue weighted by Crippen LogP contribution is 2.15. The first-order valence-corrected chi connectivity index (χ1v) is 9.66. The number of nitrogens with one attached hydrogen (secondary N) is 1. The predicted molar refractivity (Wildman–Crippen MR) is 107 cm³/mol. The molecule has 1 amide bonds. The molecule has 1 aliphatic rings. The van der Waals surface area contributed by atoms with Crippen LogP contribution in [0, 0.1) is 0 Å². The summed E-state index contributed by atoms with van der Waals surface area (Å²) in [5.74, 6) is 1.50. The average Bonchev–Trinajstić information content (AvgIpc) is 3.16. The molecule has 0 bridgehead atoms. The molecule has 28 heavy (non-hydrogen) atoms. The molecule has 3 aromatic rings. The number of carbonyl (C=O) groups excluding carboxylic acids is 1. The molecule has 0 spiro atoms. The highest BCUT2D eigenvalue weighted by Gasteiger charge is 2.15. The van der Waals surface area contributed by atoms with Gasteiger partial charge in [0, 0.05) is 31.6 Å². The Balaban J connectivity index is 1.41. The van der Waals surface area contributed by atoms with Crippen LogP contribution in [0.15, 0.2) is 36.4 Å². The molecule has 2 aromatic heterocycles. The van der Waals surface area contributed by atoms with E-state index in [9.17, 15) is 4.79 Å². The zero-order chi connectivity index (χ0) is 19.3. The van der Waals surface area contributed by atoms with Gasteiger partial charge in [0.15, 0.2) is 11.5 Å². The fraction of sp³-hybridized carbons (Fsp3) is 0.400. The van der Waals surface area contributed by atoms with Crippen molar-refractivity contribution < 1.29 is 9.53 Å². The van der Waals surface area contributed by atoms with Gasteiger partial charge in [-0.15, -0.1) is 15.3 Å². The number of ether oxygens (including phenoxy) is 1. The first-order valence-electron chi connectivity index (χ1n) is 9.66. The maximum Gasteiger partial charge on any atom is 0.224 e. The molecular formula is C20H24N6O2. The Morgan fingerprint density at radius 1 is 1.11 bits per heavy atom. The van der Waals surface area contributed by atoms with E-state index in [2.05, 4.69) is 32.4 Å². The van der Waals surface area contributed by atoms with Gasteiger partial charge in [0.05, 0.1) is 13.2 Å². The van der Waals surface area contributed by atoms with Gasteiger partial charge >= 0.3 is 0 Å². The van der Waals surface area contributed by atoms with E-state index >= 15 is 0 Å². The zero-order valence-corrected chi connectivity index (χ0v) is 16.0. The molecule has 8 nitrogen and oxygen atoms in total. The molecule has 1 saturated heterocycles. The van der Waals surface area contributed by atoms with Crippen LogP contribution < -0.4 is 10.2 Å². The van der Waals surface area contributed by atoms with Crippen LogP contribution in [0.25, 0.3) is 5.65 Å². The number of hydrogen-bond donors (Lipinski definition) is 1. The summed E-state index contributed by atoms with van der Waals surface area (Å²) in [6.07, 6.45) is 1.77. The Kier molecular flexibility index (Phi) is 5.48. The molecule has 0 aliphatic carbocycles. The van der Waals surface area contributed by atoms with E-state index in [1.165, 1.54) is 5.56 Å². The minimum absolute atomic E-state index is 0.0506. The van der Waals surface area contributed by atoms with Crippen molar-refractivity contribution in [3.8, 4) is 0 Å². The third-order valence-corrected chi connectivity index (χ3v) is 4.87. The van der Waals surface area contributed by atoms with Crippen LogP contribution in [0.4, 0.5) is 11.5 Å². The van der Waals surface area contributed by atoms with Crippen LogP contribution in [-0.4, -0.2) is 52.0 Å². The van der Waals surface area contributed by atoms with Crippen molar-refractivity contribution in [2.45, 2.75) is 26.2 Å². The first-order chi connectivity index (χ1) is 13.7. The number of hydrogen-bond acceptors (Lipinski definition) is 6. The Bertz CT molecular complexity index is 947. The number of fused-ring (bicyclic) bond motifs is 1. The Hall–Kier alpha value is -3.00. The largest absolute Gasteiger partial charge is 0.378 e. The molecule has 0 saturated carbocycles. The fourth-order valence-corrected chi connectivity index (χ4v) is 3.21. The fourth-order valence-electron chi connectivity index (χ4n) is 3.21. The summed E-state index contributed by atoms with van der Waals surface area (Å²) in [6, 6.07) is 11.8. The van der Waals surface area contributed by atoms with Gasteiger partial charge < -0.3 is 15.0 Å². The van der Waals surface area contributed by atoms with Crippen LogP contribution in [0.2, 0.25) is 0 Å². The second-order valence-electron chi connectivity index (χ2n) is 6.78. The summed E-state index contributed by atoms with van der Waals surface area (Å²) in [5, 5.41) is 16.0. The monoisotopic (exact) mass is 380 g/mol. The summed E-state index contributed by atoms with van der Waals surface area (Å²) in [4.78, 5) is 14.5. The van der Waals surface area contributed by atoms with E-state index in [1.807, 2.05) is 36.4 Å². The number of carbonyl (C=O) groups is 1. The maximum atomic E-state index is 12.3. The number of benzene rings is 1. The SMILES string of the molecule is CCc1ccc(NC(=O)CCc2nnc3ccc(N4CCOCC4)nn23)cc1. The predicted octanol–water partition coefficient (Wildman–Crippen LogP) is 2.09. The first kappa shape index (κ1) is 18.4. The normalized spacial score (nSPS) is 14.4. The topological polar surface area (TPSA) is 84.7 Å². The summed E-state index contributed by atoms with van der Waals surface area (Å²) in [7, 11) is 0. The lowest BCUT2D eigenvalue weighted by Crippen LogP contribution is -2.37. The maximum absolute atomic E-state index is 12.3. The molecule has 0 unspecified atom stereocenters. The Morgan fingerprint density at radius 2 is 1.89 bits per heavy atom. The second kappa shape index (κ2) is 8.35. The third-order valence-electron chi connectivity index (χ3n) is 4.87. The van der Waals surface area contributed by atoms with Crippen molar-refractivity contribution in [3.05, 3.63) is 47.8 Å². The standard InChI is InChI=1S/C20H24N6O2/c1-2-15-3-5-16(6-4-15)21-20(27)10-9-18-23-22-17-7-8-19(24-26(17)18)25-11-13-28-14-12-25/h3-8H,2,9-14H2,1H3,(H,21,27). The number of rotatable bonds is 6. The van der Waals surface area contributed by atoms with Gasteiger partial charge in [-0.1, -0.05) is 19.1 Å². The molecule has 8 heteroatoms. The smallest absolute Gasteiger partial charge is 0.224 e.